The second kappa shape index (κ2) is 8.09. The molecule has 1 aliphatic heterocycles. The van der Waals surface area contributed by atoms with Crippen LogP contribution in [-0.4, -0.2) is 32.7 Å². The molecule has 31 heavy (non-hydrogen) atoms. The lowest BCUT2D eigenvalue weighted by molar-refractivity contribution is 0.0450. The number of hydrogen-bond donors (Lipinski definition) is 2. The van der Waals surface area contributed by atoms with Crippen molar-refractivity contribution in [3.8, 4) is 22.6 Å². The van der Waals surface area contributed by atoms with Crippen LogP contribution in [0.5, 0.6) is 11.5 Å². The number of sulfonamides is 1. The number of fused-ring (bicyclic) bond motifs is 6. The summed E-state index contributed by atoms with van der Waals surface area (Å²) in [6.07, 6.45) is 0. The Bertz CT molecular complexity index is 1300. The third kappa shape index (κ3) is 4.14. The minimum absolute atomic E-state index is 0.0199. The number of carbonyl (C=O) groups is 1. The highest BCUT2D eigenvalue weighted by Gasteiger charge is 2.26. The molecule has 4 bridgehead atoms. The van der Waals surface area contributed by atoms with Crippen LogP contribution in [0.2, 0.25) is 5.02 Å². The largest absolute Gasteiger partial charge is 0.505 e. The summed E-state index contributed by atoms with van der Waals surface area (Å²) in [6, 6.07) is 12.8. The monoisotopic (exact) mass is 463 g/mol. The lowest BCUT2D eigenvalue weighted by Crippen LogP contribution is -2.16. The van der Waals surface area contributed by atoms with Gasteiger partial charge in [0.2, 0.25) is 0 Å². The van der Waals surface area contributed by atoms with E-state index in [1.165, 1.54) is 12.1 Å². The first-order chi connectivity index (χ1) is 14.8. The second-order valence-electron chi connectivity index (χ2n) is 6.59. The summed E-state index contributed by atoms with van der Waals surface area (Å²) in [4.78, 5) is 11.7. The number of nitrogens with one attached hydrogen (secondary N) is 1. The number of benzene rings is 3. The first-order valence-electron chi connectivity index (χ1n) is 9.00. The Balaban J connectivity index is 1.90. The average molecular weight is 464 g/mol. The van der Waals surface area contributed by atoms with E-state index < -0.39 is 32.5 Å². The zero-order valence-corrected chi connectivity index (χ0v) is 17.3. The van der Waals surface area contributed by atoms with Crippen LogP contribution in [0.4, 0.5) is 10.1 Å². The van der Waals surface area contributed by atoms with Crippen LogP contribution in [0.25, 0.3) is 11.1 Å². The Morgan fingerprint density at radius 1 is 1.00 bits per heavy atom. The van der Waals surface area contributed by atoms with E-state index in [9.17, 15) is 22.7 Å². The maximum absolute atomic E-state index is 14.5. The summed E-state index contributed by atoms with van der Waals surface area (Å²) in [6.45, 7) is -0.104. The van der Waals surface area contributed by atoms with Gasteiger partial charge >= 0.3 is 5.97 Å². The summed E-state index contributed by atoms with van der Waals surface area (Å²) in [5.74, 6) is -2.04. The first kappa shape index (κ1) is 21.0. The first-order valence-corrected chi connectivity index (χ1v) is 10.9. The van der Waals surface area contributed by atoms with E-state index >= 15 is 0 Å². The number of phenolic OH excluding ortho intramolecular Hbond substituents is 1. The molecule has 160 valence electrons. The number of hydrogen-bond acceptors (Lipinski definition) is 6. The Kier molecular flexibility index (Phi) is 5.47. The number of anilines is 1. The molecule has 2 N–H and O–H groups in total. The number of para-hydroxylation sites is 1. The predicted octanol–water partition coefficient (Wildman–Crippen LogP) is 4.20. The molecule has 0 saturated heterocycles. The number of rotatable bonds is 0. The van der Waals surface area contributed by atoms with Gasteiger partial charge in [-0.25, -0.2) is 17.6 Å². The fourth-order valence-electron chi connectivity index (χ4n) is 3.07. The average Bonchev–Trinajstić information content (AvgIpc) is 2.74. The molecule has 7 nitrogen and oxygen atoms in total. The van der Waals surface area contributed by atoms with E-state index in [2.05, 4.69) is 4.72 Å². The van der Waals surface area contributed by atoms with Crippen LogP contribution < -0.4 is 9.46 Å². The van der Waals surface area contributed by atoms with Gasteiger partial charge in [0.1, 0.15) is 29.7 Å². The smallest absolute Gasteiger partial charge is 0.338 e. The number of ether oxygens (including phenoxy) is 2. The molecule has 10 heteroatoms. The van der Waals surface area contributed by atoms with Gasteiger partial charge in [0, 0.05) is 5.56 Å². The number of phenols is 1. The number of aromatic hydroxyl groups is 1. The van der Waals surface area contributed by atoms with Crippen molar-refractivity contribution in [1.82, 2.24) is 0 Å². The number of cyclic esters (lactones) is 1. The van der Waals surface area contributed by atoms with E-state index in [0.717, 1.165) is 18.2 Å². The van der Waals surface area contributed by atoms with Crippen LogP contribution in [-0.2, 0) is 14.8 Å². The van der Waals surface area contributed by atoms with Crippen molar-refractivity contribution in [3.63, 3.8) is 0 Å². The quantitative estimate of drug-likeness (QED) is 0.484. The van der Waals surface area contributed by atoms with Gasteiger partial charge in [-0.1, -0.05) is 35.9 Å². The number of carbonyl (C=O) groups excluding carboxylic acids is 1. The summed E-state index contributed by atoms with van der Waals surface area (Å²) in [5, 5.41) is 9.81. The summed E-state index contributed by atoms with van der Waals surface area (Å²) < 4.78 is 53.2. The molecule has 0 saturated carbocycles. The highest BCUT2D eigenvalue weighted by Crippen LogP contribution is 2.36. The highest BCUT2D eigenvalue weighted by molar-refractivity contribution is 7.92. The minimum atomic E-state index is -4.52. The fraction of sp³-hybridized carbons (Fsp3) is 0.0952. The molecule has 0 aliphatic carbocycles. The van der Waals surface area contributed by atoms with Crippen molar-refractivity contribution in [2.75, 3.05) is 17.9 Å². The maximum Gasteiger partial charge on any atom is 0.338 e. The molecule has 3 aromatic carbocycles. The second-order valence-corrected chi connectivity index (χ2v) is 8.64. The van der Waals surface area contributed by atoms with Crippen molar-refractivity contribution in [2.45, 2.75) is 4.90 Å². The molecule has 0 atom stereocenters. The Morgan fingerprint density at radius 2 is 1.74 bits per heavy atom. The van der Waals surface area contributed by atoms with Gasteiger partial charge in [0.15, 0.2) is 5.75 Å². The molecule has 0 aromatic heterocycles. The van der Waals surface area contributed by atoms with Gasteiger partial charge in [0.05, 0.1) is 16.3 Å². The summed E-state index contributed by atoms with van der Waals surface area (Å²) in [7, 11) is -4.52. The van der Waals surface area contributed by atoms with E-state index in [1.54, 1.807) is 24.3 Å². The van der Waals surface area contributed by atoms with Crippen LogP contribution in [0, 0.1) is 5.82 Å². The highest BCUT2D eigenvalue weighted by atomic mass is 35.5. The van der Waals surface area contributed by atoms with Crippen LogP contribution in [0.1, 0.15) is 10.4 Å². The zero-order valence-electron chi connectivity index (χ0n) is 15.8. The topological polar surface area (TPSA) is 102 Å². The third-order valence-electron chi connectivity index (χ3n) is 4.54. The van der Waals surface area contributed by atoms with E-state index in [1.807, 2.05) is 0 Å². The standard InChI is InChI=1S/C21H15ClFNO6S/c22-15-9-13-11-19(20(15)25)31(27,28)24-17-10-12(5-6-16(17)23)14-3-1-2-4-18(14)29-7-8-30-21(13)26/h1-6,9-11,24-25H,7-8H2. The number of esters is 1. The molecule has 0 spiro atoms. The van der Waals surface area contributed by atoms with Gasteiger partial charge in [0.25, 0.3) is 10.0 Å². The molecule has 1 aliphatic rings. The lowest BCUT2D eigenvalue weighted by atomic mass is 10.0. The molecule has 0 unspecified atom stereocenters. The molecular weight excluding hydrogens is 449 g/mol. The predicted molar refractivity (Wildman–Crippen MR) is 112 cm³/mol. The normalized spacial score (nSPS) is 15.4. The van der Waals surface area contributed by atoms with Crippen molar-refractivity contribution in [2.24, 2.45) is 0 Å². The Morgan fingerprint density at radius 3 is 2.55 bits per heavy atom. The van der Waals surface area contributed by atoms with E-state index in [-0.39, 0.29) is 29.5 Å². The summed E-state index contributed by atoms with van der Waals surface area (Å²) in [5.41, 5.74) is 0.506. The molecule has 0 radical (unpaired) electrons. The van der Waals surface area contributed by atoms with E-state index in [0.29, 0.717) is 16.9 Å². The molecule has 0 amide bonds. The fourth-order valence-corrected chi connectivity index (χ4v) is 4.55. The van der Waals surface area contributed by atoms with Gasteiger partial charge < -0.3 is 14.6 Å². The molecule has 0 fully saturated rings. The van der Waals surface area contributed by atoms with Crippen molar-refractivity contribution in [1.29, 1.82) is 0 Å². The summed E-state index contributed by atoms with van der Waals surface area (Å²) >= 11 is 5.91. The zero-order chi connectivity index (χ0) is 22.2. The van der Waals surface area contributed by atoms with Crippen LogP contribution in [0.3, 0.4) is 0 Å². The third-order valence-corrected chi connectivity index (χ3v) is 6.20. The van der Waals surface area contributed by atoms with Crippen molar-refractivity contribution >= 4 is 33.3 Å². The van der Waals surface area contributed by atoms with Gasteiger partial charge in [-0.15, -0.1) is 0 Å². The van der Waals surface area contributed by atoms with E-state index in [4.69, 9.17) is 21.1 Å². The Hall–Kier alpha value is -3.30. The minimum Gasteiger partial charge on any atom is -0.505 e. The number of halogens is 2. The molecule has 3 aromatic rings. The SMILES string of the molecule is O=C1OCCOc2ccccc2-c2ccc(F)c(c2)NS(=O)(=O)c2cc1cc(Cl)c2O. The Labute approximate surface area is 182 Å². The van der Waals surface area contributed by atoms with Crippen molar-refractivity contribution < 1.29 is 32.2 Å². The van der Waals surface area contributed by atoms with Gasteiger partial charge in [-0.05, 0) is 35.9 Å². The lowest BCUT2D eigenvalue weighted by Gasteiger charge is -2.14. The van der Waals surface area contributed by atoms with Gasteiger partial charge in [-0.3, -0.25) is 4.72 Å². The molecule has 1 heterocycles. The molecule has 4 rings (SSSR count). The van der Waals surface area contributed by atoms with Crippen molar-refractivity contribution in [3.05, 3.63) is 71.0 Å². The maximum atomic E-state index is 14.5. The van der Waals surface area contributed by atoms with Crippen LogP contribution in [0.15, 0.2) is 59.5 Å². The van der Waals surface area contributed by atoms with Gasteiger partial charge in [-0.2, -0.15) is 0 Å². The van der Waals surface area contributed by atoms with Crippen LogP contribution >= 0.6 is 11.6 Å². The molecular formula is C21H15ClFNO6S.